The summed E-state index contributed by atoms with van der Waals surface area (Å²) in [6.07, 6.45) is -0.457. The van der Waals surface area contributed by atoms with Crippen molar-refractivity contribution in [3.05, 3.63) is 52.5 Å². The van der Waals surface area contributed by atoms with Crippen LogP contribution in [0.4, 0.5) is 0 Å². The summed E-state index contributed by atoms with van der Waals surface area (Å²) in [7, 11) is 1.67. The summed E-state index contributed by atoms with van der Waals surface area (Å²) in [5.74, 6) is 0.860. The average Bonchev–Trinajstić information content (AvgIpc) is 2.41. The average molecular weight is 339 g/mol. The van der Waals surface area contributed by atoms with Crippen molar-refractivity contribution in [2.24, 2.45) is 0 Å². The van der Waals surface area contributed by atoms with Crippen LogP contribution >= 0.6 is 27.7 Å². The highest BCUT2D eigenvalue weighted by Gasteiger charge is 2.09. The summed E-state index contributed by atoms with van der Waals surface area (Å²) >= 11 is 5.18. The first-order valence-electron chi connectivity index (χ1n) is 5.90. The molecule has 0 aliphatic carbocycles. The van der Waals surface area contributed by atoms with Gasteiger partial charge in [0.2, 0.25) is 0 Å². The summed E-state index contributed by atoms with van der Waals surface area (Å²) in [6, 6.07) is 13.8. The van der Waals surface area contributed by atoms with E-state index in [9.17, 15) is 5.11 Å². The Labute approximate surface area is 125 Å². The van der Waals surface area contributed by atoms with E-state index in [2.05, 4.69) is 15.9 Å². The summed E-state index contributed by atoms with van der Waals surface area (Å²) in [5.41, 5.74) is 0.899. The standard InChI is InChI=1S/C15H15BrO2S/c1-10(17)11-7-8-14(12(16)9-11)19-15-6-4-3-5-13(15)18-2/h3-10,17H,1-2H3/t10-/m1/s1. The van der Waals surface area contributed by atoms with Crippen molar-refractivity contribution in [2.45, 2.75) is 22.8 Å². The predicted molar refractivity (Wildman–Crippen MR) is 81.9 cm³/mol. The lowest BCUT2D eigenvalue weighted by molar-refractivity contribution is 0.199. The quantitative estimate of drug-likeness (QED) is 0.878. The van der Waals surface area contributed by atoms with Crippen molar-refractivity contribution >= 4 is 27.7 Å². The number of benzene rings is 2. The van der Waals surface area contributed by atoms with Crippen molar-refractivity contribution < 1.29 is 9.84 Å². The fourth-order valence-electron chi connectivity index (χ4n) is 1.68. The highest BCUT2D eigenvalue weighted by molar-refractivity contribution is 9.10. The van der Waals surface area contributed by atoms with Crippen LogP contribution in [0, 0.1) is 0 Å². The second kappa shape index (κ2) is 6.46. The molecule has 0 fully saturated rings. The second-order valence-corrected chi connectivity index (χ2v) is 6.06. The molecule has 0 heterocycles. The normalized spacial score (nSPS) is 12.2. The summed E-state index contributed by atoms with van der Waals surface area (Å²) in [4.78, 5) is 2.16. The third kappa shape index (κ3) is 3.53. The molecule has 19 heavy (non-hydrogen) atoms. The molecule has 1 N–H and O–H groups in total. The van der Waals surface area contributed by atoms with E-state index in [0.717, 1.165) is 25.6 Å². The molecule has 2 aromatic carbocycles. The number of rotatable bonds is 4. The second-order valence-electron chi connectivity index (χ2n) is 4.12. The number of aliphatic hydroxyl groups is 1. The molecule has 2 aromatic rings. The molecule has 0 radical (unpaired) electrons. The van der Waals surface area contributed by atoms with Crippen LogP contribution in [0.3, 0.4) is 0 Å². The molecule has 0 aliphatic rings. The minimum Gasteiger partial charge on any atom is -0.496 e. The van der Waals surface area contributed by atoms with Gasteiger partial charge in [0.15, 0.2) is 0 Å². The molecule has 0 aliphatic heterocycles. The number of ether oxygens (including phenoxy) is 1. The zero-order valence-corrected chi connectivity index (χ0v) is 13.2. The van der Waals surface area contributed by atoms with Crippen LogP contribution in [0.25, 0.3) is 0 Å². The van der Waals surface area contributed by atoms with Gasteiger partial charge in [-0.25, -0.2) is 0 Å². The fourth-order valence-corrected chi connectivity index (χ4v) is 3.25. The predicted octanol–water partition coefficient (Wildman–Crippen LogP) is 4.66. The molecule has 2 nitrogen and oxygen atoms in total. The Balaban J connectivity index is 2.28. The smallest absolute Gasteiger partial charge is 0.132 e. The van der Waals surface area contributed by atoms with E-state index in [1.807, 2.05) is 42.5 Å². The van der Waals surface area contributed by atoms with E-state index in [1.165, 1.54) is 0 Å². The molecule has 0 aromatic heterocycles. The highest BCUT2D eigenvalue weighted by atomic mass is 79.9. The van der Waals surface area contributed by atoms with Gasteiger partial charge in [-0.2, -0.15) is 0 Å². The van der Waals surface area contributed by atoms with Crippen LogP contribution < -0.4 is 4.74 Å². The number of methoxy groups -OCH3 is 1. The molecule has 0 saturated heterocycles. The van der Waals surface area contributed by atoms with E-state index < -0.39 is 6.10 Å². The van der Waals surface area contributed by atoms with Gasteiger partial charge in [0, 0.05) is 9.37 Å². The number of hydrogen-bond acceptors (Lipinski definition) is 3. The lowest BCUT2D eigenvalue weighted by Crippen LogP contribution is -1.91. The van der Waals surface area contributed by atoms with Crippen LogP contribution in [0.5, 0.6) is 5.75 Å². The molecule has 0 spiro atoms. The van der Waals surface area contributed by atoms with Crippen molar-refractivity contribution in [2.75, 3.05) is 7.11 Å². The van der Waals surface area contributed by atoms with E-state index in [4.69, 9.17) is 4.74 Å². The van der Waals surface area contributed by atoms with Gasteiger partial charge in [-0.05, 0) is 52.7 Å². The van der Waals surface area contributed by atoms with Crippen molar-refractivity contribution in [1.29, 1.82) is 0 Å². The Morgan fingerprint density at radius 2 is 1.89 bits per heavy atom. The van der Waals surface area contributed by atoms with Gasteiger partial charge in [0.05, 0.1) is 18.1 Å². The fraction of sp³-hybridized carbons (Fsp3) is 0.200. The molecular formula is C15H15BrO2S. The molecule has 2 rings (SSSR count). The monoisotopic (exact) mass is 338 g/mol. The zero-order chi connectivity index (χ0) is 13.8. The Morgan fingerprint density at radius 1 is 1.16 bits per heavy atom. The maximum absolute atomic E-state index is 9.56. The minimum atomic E-state index is -0.457. The summed E-state index contributed by atoms with van der Waals surface area (Å²) in [5, 5.41) is 9.56. The summed E-state index contributed by atoms with van der Waals surface area (Å²) < 4.78 is 6.32. The van der Waals surface area contributed by atoms with Gasteiger partial charge in [-0.1, -0.05) is 30.0 Å². The number of para-hydroxylation sites is 1. The third-order valence-corrected chi connectivity index (χ3v) is 4.78. The van der Waals surface area contributed by atoms with Crippen LogP contribution in [0.15, 0.2) is 56.7 Å². The highest BCUT2D eigenvalue weighted by Crippen LogP contribution is 2.39. The molecular weight excluding hydrogens is 324 g/mol. The van der Waals surface area contributed by atoms with E-state index in [0.29, 0.717) is 0 Å². The first kappa shape index (κ1) is 14.4. The maximum atomic E-state index is 9.56. The van der Waals surface area contributed by atoms with Crippen molar-refractivity contribution in [3.63, 3.8) is 0 Å². The molecule has 0 unspecified atom stereocenters. The lowest BCUT2D eigenvalue weighted by Gasteiger charge is -2.11. The Bertz CT molecular complexity index is 570. The van der Waals surface area contributed by atoms with Crippen molar-refractivity contribution in [1.82, 2.24) is 0 Å². The molecule has 4 heteroatoms. The minimum absolute atomic E-state index is 0.457. The van der Waals surface area contributed by atoms with Crippen molar-refractivity contribution in [3.8, 4) is 5.75 Å². The van der Waals surface area contributed by atoms with Gasteiger partial charge in [0.25, 0.3) is 0 Å². The van der Waals surface area contributed by atoms with Gasteiger partial charge in [0.1, 0.15) is 5.75 Å². The van der Waals surface area contributed by atoms with E-state index >= 15 is 0 Å². The first-order valence-corrected chi connectivity index (χ1v) is 7.51. The van der Waals surface area contributed by atoms with Crippen LogP contribution in [0.1, 0.15) is 18.6 Å². The van der Waals surface area contributed by atoms with Gasteiger partial charge >= 0.3 is 0 Å². The lowest BCUT2D eigenvalue weighted by atomic mass is 10.1. The Hall–Kier alpha value is -0.970. The topological polar surface area (TPSA) is 29.5 Å². The summed E-state index contributed by atoms with van der Waals surface area (Å²) in [6.45, 7) is 1.76. The first-order chi connectivity index (χ1) is 9.11. The number of aliphatic hydroxyl groups excluding tert-OH is 1. The zero-order valence-electron chi connectivity index (χ0n) is 10.8. The van der Waals surface area contributed by atoms with E-state index in [-0.39, 0.29) is 0 Å². The van der Waals surface area contributed by atoms with Crippen LogP contribution in [-0.4, -0.2) is 12.2 Å². The Morgan fingerprint density at radius 3 is 2.53 bits per heavy atom. The molecule has 0 amide bonds. The van der Waals surface area contributed by atoms with Gasteiger partial charge < -0.3 is 9.84 Å². The van der Waals surface area contributed by atoms with Crippen LogP contribution in [0.2, 0.25) is 0 Å². The molecule has 0 saturated carbocycles. The van der Waals surface area contributed by atoms with Crippen LogP contribution in [-0.2, 0) is 0 Å². The third-order valence-electron chi connectivity index (χ3n) is 2.73. The molecule has 1 atom stereocenters. The Kier molecular flexibility index (Phi) is 4.91. The molecule has 0 bridgehead atoms. The number of halogens is 1. The largest absolute Gasteiger partial charge is 0.496 e. The molecule has 100 valence electrons. The van der Waals surface area contributed by atoms with Gasteiger partial charge in [-0.15, -0.1) is 0 Å². The van der Waals surface area contributed by atoms with Gasteiger partial charge in [-0.3, -0.25) is 0 Å². The SMILES string of the molecule is COc1ccccc1Sc1ccc([C@@H](C)O)cc1Br. The number of hydrogen-bond donors (Lipinski definition) is 1. The maximum Gasteiger partial charge on any atom is 0.132 e. The van der Waals surface area contributed by atoms with E-state index in [1.54, 1.807) is 25.8 Å².